The first kappa shape index (κ1) is 11.7. The monoisotopic (exact) mass is 228 g/mol. The Labute approximate surface area is 98.2 Å². The Hall–Kier alpha value is 0.270. The summed E-state index contributed by atoms with van der Waals surface area (Å²) in [4.78, 5) is 2.80. The Morgan fingerprint density at radius 1 is 1.33 bits per heavy atom. The molecule has 2 heterocycles. The predicted octanol–water partition coefficient (Wildman–Crippen LogP) is 1.95. The summed E-state index contributed by atoms with van der Waals surface area (Å²) in [7, 11) is 2.08. The fourth-order valence-electron chi connectivity index (χ4n) is 3.07. The van der Waals surface area contributed by atoms with E-state index in [1.165, 1.54) is 44.5 Å². The van der Waals surface area contributed by atoms with Crippen molar-refractivity contribution in [3.8, 4) is 0 Å². The van der Waals surface area contributed by atoms with Crippen molar-refractivity contribution < 1.29 is 0 Å². The van der Waals surface area contributed by atoms with E-state index in [1.807, 2.05) is 0 Å². The van der Waals surface area contributed by atoms with Crippen molar-refractivity contribution in [2.45, 2.75) is 49.9 Å². The van der Waals surface area contributed by atoms with Crippen molar-refractivity contribution in [2.24, 2.45) is 0 Å². The highest BCUT2D eigenvalue weighted by Crippen LogP contribution is 2.33. The first-order valence-electron chi connectivity index (χ1n) is 6.35. The molecule has 88 valence electrons. The second-order valence-corrected chi connectivity index (χ2v) is 6.36. The molecule has 3 atom stereocenters. The summed E-state index contributed by atoms with van der Waals surface area (Å²) in [5.74, 6) is 1.37. The van der Waals surface area contributed by atoms with Crippen molar-refractivity contribution in [3.05, 3.63) is 0 Å². The second kappa shape index (κ2) is 5.55. The van der Waals surface area contributed by atoms with E-state index in [9.17, 15) is 0 Å². The van der Waals surface area contributed by atoms with Crippen LogP contribution in [-0.2, 0) is 0 Å². The summed E-state index contributed by atoms with van der Waals surface area (Å²) in [5.41, 5.74) is 0. The van der Waals surface area contributed by atoms with Gasteiger partial charge in [-0.3, -0.25) is 4.90 Å². The molecule has 0 saturated carbocycles. The molecule has 0 spiro atoms. The van der Waals surface area contributed by atoms with Crippen LogP contribution in [0.2, 0.25) is 0 Å². The van der Waals surface area contributed by atoms with Crippen LogP contribution in [0.4, 0.5) is 0 Å². The Kier molecular flexibility index (Phi) is 4.35. The lowest BCUT2D eigenvalue weighted by Crippen LogP contribution is -2.51. The first-order valence-corrected chi connectivity index (χ1v) is 7.39. The molecule has 3 heteroatoms. The van der Waals surface area contributed by atoms with Crippen molar-refractivity contribution in [2.75, 3.05) is 25.9 Å². The summed E-state index contributed by atoms with van der Waals surface area (Å²) < 4.78 is 0. The Morgan fingerprint density at radius 3 is 2.87 bits per heavy atom. The number of likely N-dealkylation sites (N-methyl/N-ethyl adjacent to an activating group) is 1. The molecule has 2 rings (SSSR count). The lowest BCUT2D eigenvalue weighted by Gasteiger charge is -2.41. The molecule has 15 heavy (non-hydrogen) atoms. The van der Waals surface area contributed by atoms with E-state index in [0.29, 0.717) is 0 Å². The molecule has 2 nitrogen and oxygen atoms in total. The third kappa shape index (κ3) is 2.69. The van der Waals surface area contributed by atoms with Gasteiger partial charge in [0.25, 0.3) is 0 Å². The van der Waals surface area contributed by atoms with Crippen molar-refractivity contribution in [1.29, 1.82) is 0 Å². The van der Waals surface area contributed by atoms with Crippen LogP contribution in [0.5, 0.6) is 0 Å². The third-order valence-electron chi connectivity index (χ3n) is 3.87. The van der Waals surface area contributed by atoms with Crippen LogP contribution in [-0.4, -0.2) is 48.1 Å². The average Bonchev–Trinajstić information content (AvgIpc) is 2.66. The van der Waals surface area contributed by atoms with Crippen LogP contribution in [0.3, 0.4) is 0 Å². The SMILES string of the molecule is CNCC1CCCCN1C1CCSC1C. The molecule has 0 aromatic carbocycles. The average molecular weight is 228 g/mol. The minimum absolute atomic E-state index is 0.801. The fraction of sp³-hybridized carbons (Fsp3) is 1.00. The van der Waals surface area contributed by atoms with E-state index in [4.69, 9.17) is 0 Å². The van der Waals surface area contributed by atoms with Gasteiger partial charge in [-0.15, -0.1) is 0 Å². The minimum atomic E-state index is 0.801. The molecule has 0 aromatic heterocycles. The summed E-state index contributed by atoms with van der Waals surface area (Å²) >= 11 is 2.16. The largest absolute Gasteiger partial charge is 0.318 e. The molecule has 0 aliphatic carbocycles. The van der Waals surface area contributed by atoms with Gasteiger partial charge in [-0.05, 0) is 38.6 Å². The number of nitrogens with zero attached hydrogens (tertiary/aromatic N) is 1. The number of thioether (sulfide) groups is 1. The first-order chi connectivity index (χ1) is 7.33. The summed E-state index contributed by atoms with van der Waals surface area (Å²) in [6.07, 6.45) is 5.64. The highest BCUT2D eigenvalue weighted by atomic mass is 32.2. The van der Waals surface area contributed by atoms with Crippen molar-refractivity contribution in [3.63, 3.8) is 0 Å². The number of piperidine rings is 1. The maximum absolute atomic E-state index is 3.36. The van der Waals surface area contributed by atoms with Crippen LogP contribution >= 0.6 is 11.8 Å². The Balaban J connectivity index is 1.97. The minimum Gasteiger partial charge on any atom is -0.318 e. The predicted molar refractivity (Wildman–Crippen MR) is 68.6 cm³/mol. The van der Waals surface area contributed by atoms with E-state index in [0.717, 1.165) is 17.3 Å². The molecule has 2 saturated heterocycles. The van der Waals surface area contributed by atoms with E-state index >= 15 is 0 Å². The molecular weight excluding hydrogens is 204 g/mol. The van der Waals surface area contributed by atoms with Gasteiger partial charge in [0.1, 0.15) is 0 Å². The smallest absolute Gasteiger partial charge is 0.0223 e. The van der Waals surface area contributed by atoms with Crippen LogP contribution in [0, 0.1) is 0 Å². The summed E-state index contributed by atoms with van der Waals surface area (Å²) in [6.45, 7) is 4.92. The normalized spacial score (nSPS) is 38.4. The number of hydrogen-bond donors (Lipinski definition) is 1. The van der Waals surface area contributed by atoms with E-state index in [-0.39, 0.29) is 0 Å². The highest BCUT2D eigenvalue weighted by Gasteiger charge is 2.34. The van der Waals surface area contributed by atoms with Crippen LogP contribution in [0.15, 0.2) is 0 Å². The quantitative estimate of drug-likeness (QED) is 0.795. The molecule has 0 amide bonds. The number of nitrogens with one attached hydrogen (secondary N) is 1. The molecule has 0 aromatic rings. The summed E-state index contributed by atoms with van der Waals surface area (Å²) in [5, 5.41) is 4.21. The van der Waals surface area contributed by atoms with E-state index in [2.05, 4.69) is 35.9 Å². The zero-order valence-electron chi connectivity index (χ0n) is 10.0. The molecule has 2 aliphatic rings. The van der Waals surface area contributed by atoms with Gasteiger partial charge in [0.2, 0.25) is 0 Å². The highest BCUT2D eigenvalue weighted by molar-refractivity contribution is 8.00. The van der Waals surface area contributed by atoms with Crippen molar-refractivity contribution in [1.82, 2.24) is 10.2 Å². The van der Waals surface area contributed by atoms with Crippen LogP contribution < -0.4 is 5.32 Å². The molecule has 2 fully saturated rings. The van der Waals surface area contributed by atoms with E-state index < -0.39 is 0 Å². The molecule has 0 radical (unpaired) electrons. The molecular formula is C12H24N2S. The molecule has 2 aliphatic heterocycles. The number of rotatable bonds is 3. The second-order valence-electron chi connectivity index (χ2n) is 4.88. The summed E-state index contributed by atoms with van der Waals surface area (Å²) in [6, 6.07) is 1.66. The van der Waals surface area contributed by atoms with Gasteiger partial charge in [-0.2, -0.15) is 11.8 Å². The van der Waals surface area contributed by atoms with E-state index in [1.54, 1.807) is 0 Å². The fourth-order valence-corrected chi connectivity index (χ4v) is 4.33. The maximum Gasteiger partial charge on any atom is 0.0223 e. The number of likely N-dealkylation sites (tertiary alicyclic amines) is 1. The van der Waals surface area contributed by atoms with Gasteiger partial charge in [-0.1, -0.05) is 13.3 Å². The zero-order chi connectivity index (χ0) is 10.7. The standard InChI is InChI=1S/C12H24N2S/c1-10-12(6-8-15-10)14-7-4-3-5-11(14)9-13-2/h10-13H,3-9H2,1-2H3. The van der Waals surface area contributed by atoms with Gasteiger partial charge in [0.15, 0.2) is 0 Å². The van der Waals surface area contributed by atoms with Gasteiger partial charge in [0.05, 0.1) is 0 Å². The lowest BCUT2D eigenvalue weighted by molar-refractivity contribution is 0.0963. The lowest BCUT2D eigenvalue weighted by atomic mass is 9.97. The number of hydrogen-bond acceptors (Lipinski definition) is 3. The van der Waals surface area contributed by atoms with Gasteiger partial charge in [-0.25, -0.2) is 0 Å². The van der Waals surface area contributed by atoms with Crippen molar-refractivity contribution >= 4 is 11.8 Å². The van der Waals surface area contributed by atoms with Gasteiger partial charge < -0.3 is 5.32 Å². The molecule has 1 N–H and O–H groups in total. The van der Waals surface area contributed by atoms with Gasteiger partial charge in [0, 0.05) is 23.9 Å². The van der Waals surface area contributed by atoms with Crippen LogP contribution in [0.1, 0.15) is 32.6 Å². The molecule has 3 unspecified atom stereocenters. The Morgan fingerprint density at radius 2 is 2.20 bits per heavy atom. The topological polar surface area (TPSA) is 15.3 Å². The van der Waals surface area contributed by atoms with Gasteiger partial charge >= 0.3 is 0 Å². The maximum atomic E-state index is 3.36. The molecule has 0 bridgehead atoms. The zero-order valence-corrected chi connectivity index (χ0v) is 10.9. The third-order valence-corrected chi connectivity index (χ3v) is 5.19. The Bertz CT molecular complexity index is 196. The van der Waals surface area contributed by atoms with Crippen LogP contribution in [0.25, 0.3) is 0 Å².